The molecule has 0 bridgehead atoms. The number of nitrogens with two attached hydrogens (primary N) is 1. The maximum absolute atomic E-state index is 5.97. The van der Waals surface area contributed by atoms with Crippen LogP contribution in [0.1, 0.15) is 18.9 Å². The summed E-state index contributed by atoms with van der Waals surface area (Å²) in [6.45, 7) is 3.34. The number of hydrogen-bond donors (Lipinski definition) is 1. The highest BCUT2D eigenvalue weighted by atomic mass is 35.5. The van der Waals surface area contributed by atoms with Gasteiger partial charge in [-0.05, 0) is 36.5 Å². The molecule has 92 valence electrons. The minimum atomic E-state index is 0.401. The van der Waals surface area contributed by atoms with Crippen LogP contribution in [0.15, 0.2) is 18.2 Å². The summed E-state index contributed by atoms with van der Waals surface area (Å²) in [6.07, 6.45) is 1.32. The van der Waals surface area contributed by atoms with Crippen LogP contribution in [0.25, 0.3) is 0 Å². The number of rotatable bonds is 4. The van der Waals surface area contributed by atoms with E-state index in [1.807, 2.05) is 18.2 Å². The van der Waals surface area contributed by atoms with Gasteiger partial charge in [-0.2, -0.15) is 0 Å². The number of halogens is 1. The van der Waals surface area contributed by atoms with Gasteiger partial charge in [-0.25, -0.2) is 0 Å². The molecule has 17 heavy (non-hydrogen) atoms. The van der Waals surface area contributed by atoms with Crippen LogP contribution >= 0.6 is 23.8 Å². The van der Waals surface area contributed by atoms with Crippen LogP contribution in [0.4, 0.5) is 5.69 Å². The zero-order chi connectivity index (χ0) is 12.6. The fraction of sp³-hybridized carbons (Fsp3) is 0.462. The maximum atomic E-state index is 5.97. The highest BCUT2D eigenvalue weighted by molar-refractivity contribution is 7.80. The van der Waals surface area contributed by atoms with Crippen molar-refractivity contribution in [3.8, 4) is 0 Å². The molecule has 2 unspecified atom stereocenters. The molecule has 4 heteroatoms. The quantitative estimate of drug-likeness (QED) is 0.851. The summed E-state index contributed by atoms with van der Waals surface area (Å²) in [4.78, 5) is 2.62. The Balaban J connectivity index is 2.21. The fourth-order valence-electron chi connectivity index (χ4n) is 2.14. The molecule has 1 saturated carbocycles. The van der Waals surface area contributed by atoms with Gasteiger partial charge in [-0.3, -0.25) is 0 Å². The molecule has 1 aromatic rings. The Morgan fingerprint density at radius 2 is 2.24 bits per heavy atom. The molecule has 2 rings (SSSR count). The van der Waals surface area contributed by atoms with Gasteiger partial charge in [-0.1, -0.05) is 30.7 Å². The van der Waals surface area contributed by atoms with Crippen molar-refractivity contribution in [2.24, 2.45) is 17.6 Å². The lowest BCUT2D eigenvalue weighted by Gasteiger charge is -2.22. The molecule has 0 saturated heterocycles. The molecule has 0 amide bonds. The Hall–Kier alpha value is -0.800. The van der Waals surface area contributed by atoms with Crippen molar-refractivity contribution in [1.29, 1.82) is 0 Å². The molecule has 1 fully saturated rings. The summed E-state index contributed by atoms with van der Waals surface area (Å²) in [6, 6.07) is 5.71. The van der Waals surface area contributed by atoms with Crippen molar-refractivity contribution in [3.63, 3.8) is 0 Å². The third-order valence-corrected chi connectivity index (χ3v) is 3.87. The van der Waals surface area contributed by atoms with Crippen LogP contribution in [0.3, 0.4) is 0 Å². The van der Waals surface area contributed by atoms with Crippen LogP contribution in [-0.4, -0.2) is 18.6 Å². The lowest BCUT2D eigenvalue weighted by molar-refractivity contribution is 0.725. The smallest absolute Gasteiger partial charge is 0.106 e. The monoisotopic (exact) mass is 268 g/mol. The van der Waals surface area contributed by atoms with E-state index in [1.165, 1.54) is 6.42 Å². The molecule has 2 N–H and O–H groups in total. The van der Waals surface area contributed by atoms with Crippen LogP contribution in [0.5, 0.6) is 0 Å². The Morgan fingerprint density at radius 1 is 1.59 bits per heavy atom. The van der Waals surface area contributed by atoms with Gasteiger partial charge in [0.1, 0.15) is 4.99 Å². The second-order valence-electron chi connectivity index (χ2n) is 4.88. The third kappa shape index (κ3) is 2.90. The first-order valence-corrected chi connectivity index (χ1v) is 6.58. The predicted molar refractivity (Wildman–Crippen MR) is 77.9 cm³/mol. The average molecular weight is 269 g/mol. The van der Waals surface area contributed by atoms with E-state index in [2.05, 4.69) is 18.9 Å². The van der Waals surface area contributed by atoms with Crippen molar-refractivity contribution in [2.45, 2.75) is 13.3 Å². The van der Waals surface area contributed by atoms with Crippen LogP contribution in [0, 0.1) is 11.8 Å². The van der Waals surface area contributed by atoms with E-state index in [0.717, 1.165) is 29.6 Å². The number of benzene rings is 1. The van der Waals surface area contributed by atoms with Gasteiger partial charge in [0.05, 0.1) is 0 Å². The van der Waals surface area contributed by atoms with Crippen molar-refractivity contribution < 1.29 is 0 Å². The number of thiocarbonyl (C=S) groups is 1. The van der Waals surface area contributed by atoms with Crippen molar-refractivity contribution in [2.75, 3.05) is 18.5 Å². The molecule has 0 radical (unpaired) electrons. The Morgan fingerprint density at radius 3 is 2.76 bits per heavy atom. The fourth-order valence-corrected chi connectivity index (χ4v) is 2.48. The van der Waals surface area contributed by atoms with E-state index in [0.29, 0.717) is 10.0 Å². The summed E-state index contributed by atoms with van der Waals surface area (Å²) in [5, 5.41) is 0.671. The first-order chi connectivity index (χ1) is 7.99. The number of nitrogens with zero attached hydrogens (tertiary/aromatic N) is 1. The van der Waals surface area contributed by atoms with Crippen LogP contribution < -0.4 is 10.6 Å². The lowest BCUT2D eigenvalue weighted by atomic mass is 10.1. The van der Waals surface area contributed by atoms with Gasteiger partial charge < -0.3 is 10.6 Å². The van der Waals surface area contributed by atoms with Gasteiger partial charge in [0.2, 0.25) is 0 Å². The molecule has 0 heterocycles. The lowest BCUT2D eigenvalue weighted by Crippen LogP contribution is -2.24. The largest absolute Gasteiger partial charge is 0.389 e. The van der Waals surface area contributed by atoms with E-state index >= 15 is 0 Å². The van der Waals surface area contributed by atoms with Gasteiger partial charge in [0, 0.05) is 29.9 Å². The summed E-state index contributed by atoms with van der Waals surface area (Å²) >= 11 is 11.0. The number of anilines is 1. The maximum Gasteiger partial charge on any atom is 0.106 e. The molecule has 2 nitrogen and oxygen atoms in total. The average Bonchev–Trinajstić information content (AvgIpc) is 2.93. The zero-order valence-electron chi connectivity index (χ0n) is 10.1. The van der Waals surface area contributed by atoms with E-state index in [-0.39, 0.29) is 0 Å². The molecule has 2 atom stereocenters. The Kier molecular flexibility index (Phi) is 3.59. The first kappa shape index (κ1) is 12.7. The molecular formula is C13H17ClN2S. The summed E-state index contributed by atoms with van der Waals surface area (Å²) in [5.74, 6) is 1.65. The van der Waals surface area contributed by atoms with Crippen molar-refractivity contribution >= 4 is 34.5 Å². The zero-order valence-corrected chi connectivity index (χ0v) is 11.7. The molecule has 1 aromatic carbocycles. The van der Waals surface area contributed by atoms with Gasteiger partial charge in [0.15, 0.2) is 0 Å². The highest BCUT2D eigenvalue weighted by Crippen LogP contribution is 2.39. The SMILES string of the molecule is CC1CC1CN(C)c1ccc(Cl)cc1C(N)=S. The molecule has 0 aliphatic heterocycles. The first-order valence-electron chi connectivity index (χ1n) is 5.79. The van der Waals surface area contributed by atoms with E-state index in [4.69, 9.17) is 29.6 Å². The van der Waals surface area contributed by atoms with E-state index in [1.54, 1.807) is 0 Å². The summed E-state index contributed by atoms with van der Waals surface area (Å²) < 4.78 is 0. The van der Waals surface area contributed by atoms with Gasteiger partial charge in [0.25, 0.3) is 0 Å². The Labute approximate surface area is 113 Å². The predicted octanol–water partition coefficient (Wildman–Crippen LogP) is 3.07. The number of hydrogen-bond acceptors (Lipinski definition) is 2. The summed E-state index contributed by atoms with van der Waals surface area (Å²) in [5.41, 5.74) is 7.68. The van der Waals surface area contributed by atoms with Crippen LogP contribution in [0.2, 0.25) is 5.02 Å². The standard InChI is InChI=1S/C13H17ClN2S/c1-8-5-9(8)7-16(2)12-4-3-10(14)6-11(12)13(15)17/h3-4,6,8-9H,5,7H2,1-2H3,(H2,15,17). The molecule has 1 aliphatic carbocycles. The van der Waals surface area contributed by atoms with Crippen molar-refractivity contribution in [3.05, 3.63) is 28.8 Å². The highest BCUT2D eigenvalue weighted by Gasteiger charge is 2.33. The minimum absolute atomic E-state index is 0.401. The minimum Gasteiger partial charge on any atom is -0.389 e. The molecule has 1 aliphatic rings. The molecule has 0 spiro atoms. The topological polar surface area (TPSA) is 29.3 Å². The molecule has 0 aromatic heterocycles. The Bertz CT molecular complexity index is 447. The van der Waals surface area contributed by atoms with Crippen molar-refractivity contribution in [1.82, 2.24) is 0 Å². The summed E-state index contributed by atoms with van der Waals surface area (Å²) in [7, 11) is 2.08. The van der Waals surface area contributed by atoms with E-state index in [9.17, 15) is 0 Å². The normalized spacial score (nSPS) is 22.3. The van der Waals surface area contributed by atoms with Gasteiger partial charge in [-0.15, -0.1) is 0 Å². The third-order valence-electron chi connectivity index (χ3n) is 3.42. The van der Waals surface area contributed by atoms with Crippen LogP contribution in [-0.2, 0) is 0 Å². The second-order valence-corrected chi connectivity index (χ2v) is 5.76. The van der Waals surface area contributed by atoms with E-state index < -0.39 is 0 Å². The van der Waals surface area contributed by atoms with Gasteiger partial charge >= 0.3 is 0 Å². The molecular weight excluding hydrogens is 252 g/mol. The second kappa shape index (κ2) is 4.83.